The van der Waals surface area contributed by atoms with Crippen molar-refractivity contribution in [2.24, 2.45) is 0 Å². The number of rotatable bonds is 2. The molecule has 0 saturated heterocycles. The summed E-state index contributed by atoms with van der Waals surface area (Å²) in [5.41, 5.74) is 1.35. The highest BCUT2D eigenvalue weighted by Crippen LogP contribution is 2.25. The van der Waals surface area contributed by atoms with E-state index < -0.39 is 6.10 Å². The zero-order valence-electron chi connectivity index (χ0n) is 8.36. The molecule has 3 heteroatoms. The number of halogens is 2. The normalized spacial score (nSPS) is 12.4. The lowest BCUT2D eigenvalue weighted by atomic mass is 10.0. The molecule has 1 radical (unpaired) electrons. The first-order valence-corrected chi connectivity index (χ1v) is 5.59. The third kappa shape index (κ3) is 2.56. The van der Waals surface area contributed by atoms with Crippen LogP contribution in [0.4, 0.5) is 0 Å². The third-order valence-electron chi connectivity index (χ3n) is 2.32. The number of hydrogen-bond donors (Lipinski definition) is 0. The average Bonchev–Trinajstić information content (AvgIpc) is 2.29. The lowest BCUT2D eigenvalue weighted by Crippen LogP contribution is -1.97. The smallest absolute Gasteiger partial charge is 0.143 e. The third-order valence-corrected chi connectivity index (χ3v) is 2.81. The molecule has 0 aliphatic rings. The van der Waals surface area contributed by atoms with Crippen LogP contribution in [0.15, 0.2) is 48.5 Å². The first kappa shape index (κ1) is 11.5. The Labute approximate surface area is 104 Å². The van der Waals surface area contributed by atoms with Crippen LogP contribution >= 0.6 is 23.2 Å². The van der Waals surface area contributed by atoms with Gasteiger partial charge in [0.25, 0.3) is 0 Å². The molecule has 0 aromatic heterocycles. The highest BCUT2D eigenvalue weighted by atomic mass is 35.5. The van der Waals surface area contributed by atoms with Crippen LogP contribution in [0, 0.1) is 0 Å². The fourth-order valence-electron chi connectivity index (χ4n) is 1.50. The van der Waals surface area contributed by atoms with Gasteiger partial charge in [-0.1, -0.05) is 47.5 Å². The van der Waals surface area contributed by atoms with Crippen molar-refractivity contribution in [2.45, 2.75) is 6.10 Å². The minimum Gasteiger partial charge on any atom is -0.223 e. The van der Waals surface area contributed by atoms with E-state index in [-0.39, 0.29) is 0 Å². The SMILES string of the molecule is [O]C(c1ccc(Cl)cc1)c1cccc(Cl)c1. The van der Waals surface area contributed by atoms with Gasteiger partial charge in [0.15, 0.2) is 0 Å². The van der Waals surface area contributed by atoms with Crippen LogP contribution < -0.4 is 0 Å². The zero-order valence-corrected chi connectivity index (χ0v) is 9.87. The van der Waals surface area contributed by atoms with Crippen molar-refractivity contribution in [2.75, 3.05) is 0 Å². The molecule has 1 atom stereocenters. The summed E-state index contributed by atoms with van der Waals surface area (Å²) in [6.07, 6.45) is -0.920. The van der Waals surface area contributed by atoms with Crippen LogP contribution in [0.1, 0.15) is 17.2 Å². The van der Waals surface area contributed by atoms with Crippen LogP contribution in [0.5, 0.6) is 0 Å². The molecule has 0 heterocycles. The summed E-state index contributed by atoms with van der Waals surface area (Å²) in [4.78, 5) is 0. The highest BCUT2D eigenvalue weighted by Gasteiger charge is 2.12. The molecule has 0 N–H and O–H groups in total. The highest BCUT2D eigenvalue weighted by molar-refractivity contribution is 6.30. The predicted octanol–water partition coefficient (Wildman–Crippen LogP) is 4.51. The molecule has 1 unspecified atom stereocenters. The largest absolute Gasteiger partial charge is 0.223 e. The molecule has 0 bridgehead atoms. The molecule has 0 saturated carbocycles. The lowest BCUT2D eigenvalue weighted by Gasteiger charge is -2.09. The summed E-state index contributed by atoms with van der Waals surface area (Å²) in [7, 11) is 0. The molecule has 1 nitrogen and oxygen atoms in total. The van der Waals surface area contributed by atoms with E-state index in [2.05, 4.69) is 0 Å². The van der Waals surface area contributed by atoms with Crippen molar-refractivity contribution in [3.63, 3.8) is 0 Å². The minimum absolute atomic E-state index is 0.576. The van der Waals surface area contributed by atoms with Crippen LogP contribution in [0.2, 0.25) is 10.0 Å². The molecule has 2 aromatic rings. The summed E-state index contributed by atoms with van der Waals surface area (Å²) in [5, 5.41) is 13.3. The topological polar surface area (TPSA) is 19.9 Å². The quantitative estimate of drug-likeness (QED) is 0.749. The van der Waals surface area contributed by atoms with Gasteiger partial charge in [-0.2, -0.15) is 0 Å². The Hall–Kier alpha value is -1.02. The zero-order chi connectivity index (χ0) is 11.5. The fraction of sp³-hybridized carbons (Fsp3) is 0.0769. The van der Waals surface area contributed by atoms with Gasteiger partial charge in [-0.3, -0.25) is 0 Å². The Bertz CT molecular complexity index is 480. The van der Waals surface area contributed by atoms with Gasteiger partial charge >= 0.3 is 0 Å². The van der Waals surface area contributed by atoms with E-state index in [1.165, 1.54) is 0 Å². The number of hydrogen-bond acceptors (Lipinski definition) is 0. The standard InChI is InChI=1S/C13H9Cl2O/c14-11-6-4-9(5-7-11)13(16)10-2-1-3-12(15)8-10/h1-8,13H. The number of benzene rings is 2. The van der Waals surface area contributed by atoms with Crippen molar-refractivity contribution in [1.29, 1.82) is 0 Å². The van der Waals surface area contributed by atoms with E-state index in [1.54, 1.807) is 48.5 Å². The Balaban J connectivity index is 2.31. The van der Waals surface area contributed by atoms with E-state index in [4.69, 9.17) is 23.2 Å². The second-order valence-electron chi connectivity index (χ2n) is 3.49. The van der Waals surface area contributed by atoms with Crippen molar-refractivity contribution < 1.29 is 5.11 Å². The van der Waals surface area contributed by atoms with Gasteiger partial charge in [0.2, 0.25) is 0 Å². The van der Waals surface area contributed by atoms with Gasteiger partial charge in [0, 0.05) is 10.0 Å². The van der Waals surface area contributed by atoms with Crippen LogP contribution in [0.25, 0.3) is 0 Å². The van der Waals surface area contributed by atoms with E-state index in [1.807, 2.05) is 0 Å². The summed E-state index contributed by atoms with van der Waals surface area (Å²) < 4.78 is 0. The first-order chi connectivity index (χ1) is 7.66. The van der Waals surface area contributed by atoms with E-state index in [0.717, 1.165) is 0 Å². The van der Waals surface area contributed by atoms with Gasteiger partial charge in [0.05, 0.1) is 0 Å². The molecule has 16 heavy (non-hydrogen) atoms. The molecule has 0 aliphatic carbocycles. The van der Waals surface area contributed by atoms with Crippen LogP contribution in [-0.2, 0) is 5.11 Å². The lowest BCUT2D eigenvalue weighted by molar-refractivity contribution is 0.124. The van der Waals surface area contributed by atoms with Crippen LogP contribution in [-0.4, -0.2) is 0 Å². The van der Waals surface area contributed by atoms with Crippen LogP contribution in [0.3, 0.4) is 0 Å². The Morgan fingerprint density at radius 1 is 0.812 bits per heavy atom. The maximum absolute atomic E-state index is 12.1. The fourth-order valence-corrected chi connectivity index (χ4v) is 1.82. The monoisotopic (exact) mass is 251 g/mol. The summed E-state index contributed by atoms with van der Waals surface area (Å²) in [5.74, 6) is 0. The second-order valence-corrected chi connectivity index (χ2v) is 4.36. The minimum atomic E-state index is -0.920. The molecular formula is C13H9Cl2O. The van der Waals surface area contributed by atoms with Crippen molar-refractivity contribution >= 4 is 23.2 Å². The Morgan fingerprint density at radius 3 is 2.12 bits per heavy atom. The molecule has 0 fully saturated rings. The Kier molecular flexibility index (Phi) is 3.49. The van der Waals surface area contributed by atoms with Gasteiger partial charge in [-0.25, -0.2) is 5.11 Å². The van der Waals surface area contributed by atoms with Gasteiger partial charge < -0.3 is 0 Å². The van der Waals surface area contributed by atoms with Gasteiger partial charge in [-0.15, -0.1) is 0 Å². The molecule has 0 amide bonds. The van der Waals surface area contributed by atoms with Gasteiger partial charge in [0.1, 0.15) is 6.10 Å². The maximum Gasteiger partial charge on any atom is 0.143 e. The molecule has 0 aliphatic heterocycles. The maximum atomic E-state index is 12.1. The summed E-state index contributed by atoms with van der Waals surface area (Å²) >= 11 is 11.6. The predicted molar refractivity (Wildman–Crippen MR) is 65.4 cm³/mol. The second kappa shape index (κ2) is 4.88. The average molecular weight is 252 g/mol. The van der Waals surface area contributed by atoms with E-state index in [9.17, 15) is 5.11 Å². The molecule has 2 aromatic carbocycles. The molecule has 0 spiro atoms. The summed E-state index contributed by atoms with van der Waals surface area (Å²) in [6, 6.07) is 13.9. The molecule has 81 valence electrons. The van der Waals surface area contributed by atoms with Crippen molar-refractivity contribution in [3.05, 3.63) is 69.7 Å². The Morgan fingerprint density at radius 2 is 1.50 bits per heavy atom. The van der Waals surface area contributed by atoms with E-state index in [0.29, 0.717) is 21.2 Å². The van der Waals surface area contributed by atoms with Gasteiger partial charge in [-0.05, 0) is 35.4 Å². The van der Waals surface area contributed by atoms with E-state index >= 15 is 0 Å². The summed E-state index contributed by atoms with van der Waals surface area (Å²) in [6.45, 7) is 0. The molecular weight excluding hydrogens is 243 g/mol. The van der Waals surface area contributed by atoms with Crippen molar-refractivity contribution in [1.82, 2.24) is 0 Å². The van der Waals surface area contributed by atoms with Crippen molar-refractivity contribution in [3.8, 4) is 0 Å². The molecule has 2 rings (SSSR count). The first-order valence-electron chi connectivity index (χ1n) is 4.83.